The van der Waals surface area contributed by atoms with Gasteiger partial charge in [0.15, 0.2) is 11.0 Å². The molecule has 0 atom stereocenters. The first-order chi connectivity index (χ1) is 16.8. The third kappa shape index (κ3) is 7.19. The van der Waals surface area contributed by atoms with E-state index < -0.39 is 5.97 Å². The predicted molar refractivity (Wildman–Crippen MR) is 140 cm³/mol. The normalized spacial score (nSPS) is 10.8. The number of hydrogen-bond acceptors (Lipinski definition) is 7. The average molecular weight is 559 g/mol. The number of allylic oxidation sites excluding steroid dienone is 1. The molecule has 0 unspecified atom stereocenters. The summed E-state index contributed by atoms with van der Waals surface area (Å²) in [4.78, 5) is 24.0. The molecule has 184 valence electrons. The van der Waals surface area contributed by atoms with Crippen molar-refractivity contribution in [2.24, 2.45) is 0 Å². The highest BCUT2D eigenvalue weighted by Crippen LogP contribution is 2.30. The van der Waals surface area contributed by atoms with Gasteiger partial charge in [-0.2, -0.15) is 0 Å². The molecule has 0 aliphatic rings. The molecule has 35 heavy (non-hydrogen) atoms. The lowest BCUT2D eigenvalue weighted by molar-refractivity contribution is -0.113. The third-order valence-corrected chi connectivity index (χ3v) is 6.44. The lowest BCUT2D eigenvalue weighted by atomic mass is 10.0. The van der Waals surface area contributed by atoms with Crippen molar-refractivity contribution in [3.63, 3.8) is 0 Å². The summed E-state index contributed by atoms with van der Waals surface area (Å²) in [6.07, 6.45) is 1.75. The van der Waals surface area contributed by atoms with Gasteiger partial charge in [-0.3, -0.25) is 9.36 Å². The molecule has 0 aliphatic carbocycles. The summed E-state index contributed by atoms with van der Waals surface area (Å²) in [5, 5.41) is 11.9. The summed E-state index contributed by atoms with van der Waals surface area (Å²) in [5.41, 5.74) is 2.09. The number of thioether (sulfide) groups is 1. The summed E-state index contributed by atoms with van der Waals surface area (Å²) < 4.78 is 13.6. The second-order valence-corrected chi connectivity index (χ2v) is 9.69. The molecule has 0 aliphatic heterocycles. The molecule has 1 aromatic heterocycles. The van der Waals surface area contributed by atoms with Gasteiger partial charge < -0.3 is 14.8 Å². The van der Waals surface area contributed by atoms with E-state index in [4.69, 9.17) is 4.74 Å². The summed E-state index contributed by atoms with van der Waals surface area (Å²) in [5.74, 6) is 1.24. The van der Waals surface area contributed by atoms with Crippen LogP contribution in [0.15, 0.2) is 64.7 Å². The van der Waals surface area contributed by atoms with E-state index in [1.54, 1.807) is 30.3 Å². The third-order valence-electron chi connectivity index (χ3n) is 4.98. The Morgan fingerprint density at radius 2 is 1.94 bits per heavy atom. The molecule has 3 rings (SSSR count). The number of ether oxygens (including phenoxy) is 2. The van der Waals surface area contributed by atoms with Crippen LogP contribution in [0.1, 0.15) is 41.5 Å². The van der Waals surface area contributed by atoms with Gasteiger partial charge in [-0.25, -0.2) is 4.79 Å². The van der Waals surface area contributed by atoms with Gasteiger partial charge in [-0.1, -0.05) is 47.6 Å². The van der Waals surface area contributed by atoms with Crippen molar-refractivity contribution in [3.8, 4) is 5.75 Å². The Balaban J connectivity index is 1.63. The SMILES string of the molecule is C=CCn1c(COc2ccc(Br)cc2C(C)C)nnc1SCC(=O)Nc1ccc(C(=O)OC)cc1. The standard InChI is InChI=1S/C25H27BrN4O4S/c1-5-12-30-22(14-34-21-11-8-18(26)13-20(21)16(2)3)28-29-25(30)35-15-23(31)27-19-9-6-17(7-10-19)24(32)33-4/h5-11,13,16H,1,12,14-15H2,2-4H3,(H,27,31). The van der Waals surface area contributed by atoms with E-state index in [0.717, 1.165) is 15.8 Å². The minimum atomic E-state index is -0.430. The van der Waals surface area contributed by atoms with Crippen LogP contribution in [0.5, 0.6) is 5.75 Å². The molecule has 3 aromatic rings. The molecule has 0 saturated carbocycles. The number of amides is 1. The molecule has 0 bridgehead atoms. The summed E-state index contributed by atoms with van der Waals surface area (Å²) in [6, 6.07) is 12.4. The largest absolute Gasteiger partial charge is 0.485 e. The Kier molecular flexibility index (Phi) is 9.50. The topological polar surface area (TPSA) is 95.3 Å². The van der Waals surface area contributed by atoms with Gasteiger partial charge in [0, 0.05) is 16.7 Å². The second kappa shape index (κ2) is 12.6. The first-order valence-electron chi connectivity index (χ1n) is 10.9. The maximum atomic E-state index is 12.4. The van der Waals surface area contributed by atoms with Gasteiger partial charge in [-0.05, 0) is 53.9 Å². The molecule has 0 spiro atoms. The van der Waals surface area contributed by atoms with Gasteiger partial charge in [0.1, 0.15) is 12.4 Å². The van der Waals surface area contributed by atoms with Crippen molar-refractivity contribution >= 4 is 45.3 Å². The van der Waals surface area contributed by atoms with Crippen LogP contribution in [-0.4, -0.2) is 39.5 Å². The highest BCUT2D eigenvalue weighted by Gasteiger charge is 2.16. The van der Waals surface area contributed by atoms with Crippen molar-refractivity contribution in [2.45, 2.75) is 38.1 Å². The van der Waals surface area contributed by atoms with E-state index in [2.05, 4.69) is 62.7 Å². The molecule has 1 heterocycles. The lowest BCUT2D eigenvalue weighted by Gasteiger charge is -2.15. The Morgan fingerprint density at radius 1 is 1.20 bits per heavy atom. The molecule has 1 amide bonds. The van der Waals surface area contributed by atoms with Crippen molar-refractivity contribution < 1.29 is 19.1 Å². The average Bonchev–Trinajstić information content (AvgIpc) is 3.23. The number of carbonyl (C=O) groups excluding carboxylic acids is 2. The molecule has 10 heteroatoms. The summed E-state index contributed by atoms with van der Waals surface area (Å²) in [6.45, 7) is 8.77. The Labute approximate surface area is 217 Å². The predicted octanol–water partition coefficient (Wildman–Crippen LogP) is 5.45. The monoisotopic (exact) mass is 558 g/mol. The van der Waals surface area contributed by atoms with E-state index in [1.807, 2.05) is 16.7 Å². The summed E-state index contributed by atoms with van der Waals surface area (Å²) in [7, 11) is 1.32. The molecule has 2 aromatic carbocycles. The molecular weight excluding hydrogens is 532 g/mol. The molecule has 0 radical (unpaired) electrons. The number of carbonyl (C=O) groups is 2. The Morgan fingerprint density at radius 3 is 2.60 bits per heavy atom. The fourth-order valence-corrected chi connectivity index (χ4v) is 4.37. The zero-order valence-electron chi connectivity index (χ0n) is 19.8. The molecular formula is C25H27BrN4O4S. The van der Waals surface area contributed by atoms with Gasteiger partial charge in [0.25, 0.3) is 0 Å². The van der Waals surface area contributed by atoms with Crippen molar-refractivity contribution in [1.29, 1.82) is 0 Å². The van der Waals surface area contributed by atoms with Gasteiger partial charge >= 0.3 is 5.97 Å². The van der Waals surface area contributed by atoms with Crippen LogP contribution in [0.25, 0.3) is 0 Å². The Bertz CT molecular complexity index is 1190. The van der Waals surface area contributed by atoms with Crippen molar-refractivity contribution in [1.82, 2.24) is 14.8 Å². The summed E-state index contributed by atoms with van der Waals surface area (Å²) >= 11 is 4.78. The van der Waals surface area contributed by atoms with Gasteiger partial charge in [0.05, 0.1) is 18.4 Å². The van der Waals surface area contributed by atoms with E-state index >= 15 is 0 Å². The number of halogens is 1. The highest BCUT2D eigenvalue weighted by molar-refractivity contribution is 9.10. The van der Waals surface area contributed by atoms with Crippen LogP contribution in [0.3, 0.4) is 0 Å². The maximum Gasteiger partial charge on any atom is 0.337 e. The van der Waals surface area contributed by atoms with Crippen molar-refractivity contribution in [2.75, 3.05) is 18.2 Å². The quantitative estimate of drug-likeness (QED) is 0.190. The number of hydrogen-bond donors (Lipinski definition) is 1. The fraction of sp³-hybridized carbons (Fsp3) is 0.280. The molecule has 0 saturated heterocycles. The van der Waals surface area contributed by atoms with E-state index in [1.165, 1.54) is 18.9 Å². The first-order valence-corrected chi connectivity index (χ1v) is 12.7. The molecule has 0 fully saturated rings. The lowest BCUT2D eigenvalue weighted by Crippen LogP contribution is -2.15. The van der Waals surface area contributed by atoms with Crippen LogP contribution in [0, 0.1) is 0 Å². The smallest absolute Gasteiger partial charge is 0.337 e. The van der Waals surface area contributed by atoms with E-state index in [0.29, 0.717) is 34.7 Å². The fourth-order valence-electron chi connectivity index (χ4n) is 3.22. The Hall–Kier alpha value is -3.11. The molecule has 8 nitrogen and oxygen atoms in total. The number of aromatic nitrogens is 3. The number of rotatable bonds is 11. The number of benzene rings is 2. The van der Waals surface area contributed by atoms with Crippen LogP contribution in [0.2, 0.25) is 0 Å². The minimum Gasteiger partial charge on any atom is -0.485 e. The van der Waals surface area contributed by atoms with Crippen LogP contribution < -0.4 is 10.1 Å². The van der Waals surface area contributed by atoms with Crippen LogP contribution >= 0.6 is 27.7 Å². The van der Waals surface area contributed by atoms with E-state index in [-0.39, 0.29) is 18.3 Å². The number of esters is 1. The highest BCUT2D eigenvalue weighted by atomic mass is 79.9. The number of nitrogens with one attached hydrogen (secondary N) is 1. The zero-order chi connectivity index (χ0) is 25.4. The number of nitrogens with zero attached hydrogens (tertiary/aromatic N) is 3. The maximum absolute atomic E-state index is 12.4. The number of anilines is 1. The van der Waals surface area contributed by atoms with Crippen LogP contribution in [-0.2, 0) is 22.7 Å². The van der Waals surface area contributed by atoms with Crippen LogP contribution in [0.4, 0.5) is 5.69 Å². The van der Waals surface area contributed by atoms with Gasteiger partial charge in [0.2, 0.25) is 5.91 Å². The van der Waals surface area contributed by atoms with E-state index in [9.17, 15) is 9.59 Å². The minimum absolute atomic E-state index is 0.138. The van der Waals surface area contributed by atoms with Crippen molar-refractivity contribution in [3.05, 3.63) is 76.5 Å². The zero-order valence-corrected chi connectivity index (χ0v) is 22.2. The van der Waals surface area contributed by atoms with Gasteiger partial charge in [-0.15, -0.1) is 16.8 Å². The number of methoxy groups -OCH3 is 1. The first kappa shape index (κ1) is 26.5. The molecule has 1 N–H and O–H groups in total. The second-order valence-electron chi connectivity index (χ2n) is 7.83.